The van der Waals surface area contributed by atoms with E-state index in [-0.39, 0.29) is 11.6 Å². The number of benzene rings is 1. The Morgan fingerprint density at radius 2 is 2.12 bits per heavy atom. The summed E-state index contributed by atoms with van der Waals surface area (Å²) in [5.74, 6) is -0.618. The SMILES string of the molecule is COCc1cn(C2CCN(C(=O)c3ccccc3C(F)(F)F)C2)nn1. The number of rotatable bonds is 4. The molecule has 1 aromatic carbocycles. The Hall–Kier alpha value is -2.42. The summed E-state index contributed by atoms with van der Waals surface area (Å²) in [5, 5.41) is 7.97. The van der Waals surface area contributed by atoms with Gasteiger partial charge in [0.2, 0.25) is 0 Å². The molecule has 1 fully saturated rings. The minimum Gasteiger partial charge on any atom is -0.378 e. The first-order valence-corrected chi connectivity index (χ1v) is 7.75. The Morgan fingerprint density at radius 1 is 1.36 bits per heavy atom. The Morgan fingerprint density at radius 3 is 2.84 bits per heavy atom. The second kappa shape index (κ2) is 6.83. The molecule has 0 bridgehead atoms. The van der Waals surface area contributed by atoms with Crippen molar-refractivity contribution in [2.75, 3.05) is 20.2 Å². The molecule has 1 saturated heterocycles. The molecule has 2 aromatic rings. The minimum absolute atomic E-state index is 0.111. The molecular weight excluding hydrogens is 337 g/mol. The highest BCUT2D eigenvalue weighted by atomic mass is 19.4. The van der Waals surface area contributed by atoms with Crippen molar-refractivity contribution in [3.05, 3.63) is 47.3 Å². The molecule has 0 saturated carbocycles. The summed E-state index contributed by atoms with van der Waals surface area (Å²) in [5.41, 5.74) is -0.574. The van der Waals surface area contributed by atoms with Crippen molar-refractivity contribution in [1.29, 1.82) is 0 Å². The number of halogens is 3. The van der Waals surface area contributed by atoms with Crippen molar-refractivity contribution in [3.8, 4) is 0 Å². The number of likely N-dealkylation sites (tertiary alicyclic amines) is 1. The summed E-state index contributed by atoms with van der Waals surface area (Å²) in [7, 11) is 1.55. The summed E-state index contributed by atoms with van der Waals surface area (Å²) >= 11 is 0. The van der Waals surface area contributed by atoms with Crippen molar-refractivity contribution < 1.29 is 22.7 Å². The molecule has 9 heteroatoms. The number of amides is 1. The Bertz CT molecular complexity index is 760. The molecule has 134 valence electrons. The van der Waals surface area contributed by atoms with E-state index in [1.54, 1.807) is 18.0 Å². The lowest BCUT2D eigenvalue weighted by Crippen LogP contribution is -2.31. The molecule has 1 unspecified atom stereocenters. The lowest BCUT2D eigenvalue weighted by atomic mass is 10.1. The molecule has 2 heterocycles. The number of nitrogens with zero attached hydrogens (tertiary/aromatic N) is 4. The average Bonchev–Trinajstić information content (AvgIpc) is 3.23. The zero-order chi connectivity index (χ0) is 18.0. The van der Waals surface area contributed by atoms with E-state index in [2.05, 4.69) is 10.3 Å². The lowest BCUT2D eigenvalue weighted by molar-refractivity contribution is -0.138. The van der Waals surface area contributed by atoms with Gasteiger partial charge in [0.05, 0.1) is 30.0 Å². The maximum Gasteiger partial charge on any atom is 0.417 e. The molecule has 1 amide bonds. The van der Waals surface area contributed by atoms with E-state index in [1.165, 1.54) is 23.1 Å². The van der Waals surface area contributed by atoms with E-state index >= 15 is 0 Å². The lowest BCUT2D eigenvalue weighted by Gasteiger charge is -2.19. The minimum atomic E-state index is -4.56. The van der Waals surface area contributed by atoms with E-state index in [4.69, 9.17) is 4.74 Å². The number of methoxy groups -OCH3 is 1. The first kappa shape index (κ1) is 17.4. The molecule has 6 nitrogen and oxygen atoms in total. The van der Waals surface area contributed by atoms with Crippen molar-refractivity contribution in [1.82, 2.24) is 19.9 Å². The highest BCUT2D eigenvalue weighted by Gasteiger charge is 2.37. The summed E-state index contributed by atoms with van der Waals surface area (Å²) in [4.78, 5) is 14.0. The van der Waals surface area contributed by atoms with E-state index in [0.29, 0.717) is 31.8 Å². The van der Waals surface area contributed by atoms with Gasteiger partial charge in [0.25, 0.3) is 5.91 Å². The van der Waals surface area contributed by atoms with Crippen molar-refractivity contribution in [2.24, 2.45) is 0 Å². The summed E-state index contributed by atoms with van der Waals surface area (Å²) in [6.45, 7) is 0.990. The molecule has 3 rings (SSSR count). The van der Waals surface area contributed by atoms with Crippen LogP contribution >= 0.6 is 0 Å². The summed E-state index contributed by atoms with van der Waals surface area (Å²) < 4.78 is 45.9. The zero-order valence-corrected chi connectivity index (χ0v) is 13.5. The van der Waals surface area contributed by atoms with Crippen LogP contribution in [0, 0.1) is 0 Å². The number of carbonyl (C=O) groups is 1. The summed E-state index contributed by atoms with van der Waals surface area (Å²) in [6.07, 6.45) is -2.23. The van der Waals surface area contributed by atoms with Gasteiger partial charge in [0.15, 0.2) is 0 Å². The van der Waals surface area contributed by atoms with Gasteiger partial charge in [-0.25, -0.2) is 4.68 Å². The topological polar surface area (TPSA) is 60.2 Å². The van der Waals surface area contributed by atoms with Gasteiger partial charge < -0.3 is 9.64 Å². The second-order valence-corrected chi connectivity index (χ2v) is 5.86. The molecule has 0 radical (unpaired) electrons. The van der Waals surface area contributed by atoms with Gasteiger partial charge in [0.1, 0.15) is 5.69 Å². The number of hydrogen-bond acceptors (Lipinski definition) is 4. The van der Waals surface area contributed by atoms with Gasteiger partial charge in [-0.15, -0.1) is 5.10 Å². The average molecular weight is 354 g/mol. The van der Waals surface area contributed by atoms with Gasteiger partial charge >= 0.3 is 6.18 Å². The van der Waals surface area contributed by atoms with Crippen LogP contribution in [0.1, 0.15) is 34.1 Å². The summed E-state index contributed by atoms with van der Waals surface area (Å²) in [6, 6.07) is 4.74. The molecule has 1 aromatic heterocycles. The van der Waals surface area contributed by atoms with Gasteiger partial charge in [-0.05, 0) is 18.6 Å². The maximum absolute atomic E-state index is 13.1. The number of carbonyl (C=O) groups excluding carboxylic acids is 1. The smallest absolute Gasteiger partial charge is 0.378 e. The molecule has 1 atom stereocenters. The van der Waals surface area contributed by atoms with Crippen LogP contribution in [0.2, 0.25) is 0 Å². The largest absolute Gasteiger partial charge is 0.417 e. The van der Waals surface area contributed by atoms with Crippen molar-refractivity contribution >= 4 is 5.91 Å². The third kappa shape index (κ3) is 3.65. The zero-order valence-electron chi connectivity index (χ0n) is 13.5. The Labute approximate surface area is 142 Å². The molecule has 0 N–H and O–H groups in total. The first-order chi connectivity index (χ1) is 11.9. The Kier molecular flexibility index (Phi) is 4.76. The molecular formula is C16H17F3N4O2. The molecule has 25 heavy (non-hydrogen) atoms. The van der Waals surface area contributed by atoms with Gasteiger partial charge in [-0.2, -0.15) is 13.2 Å². The van der Waals surface area contributed by atoms with Gasteiger partial charge in [-0.3, -0.25) is 4.79 Å². The fourth-order valence-corrected chi connectivity index (χ4v) is 2.94. The normalized spacial score (nSPS) is 17.9. The molecule has 1 aliphatic heterocycles. The van der Waals surface area contributed by atoms with Crippen LogP contribution in [0.4, 0.5) is 13.2 Å². The second-order valence-electron chi connectivity index (χ2n) is 5.86. The monoisotopic (exact) mass is 354 g/mol. The van der Waals surface area contributed by atoms with Crippen LogP contribution in [0.25, 0.3) is 0 Å². The van der Waals surface area contributed by atoms with Crippen LogP contribution in [0.5, 0.6) is 0 Å². The quantitative estimate of drug-likeness (QED) is 0.847. The standard InChI is InChI=1S/C16H17F3N4O2/c1-25-10-11-8-23(21-20-11)12-6-7-22(9-12)15(24)13-4-2-3-5-14(13)16(17,18)19/h2-5,8,12H,6-7,9-10H2,1H3. The molecule has 1 aliphatic rings. The van der Waals surface area contributed by atoms with Crippen molar-refractivity contribution in [2.45, 2.75) is 25.2 Å². The van der Waals surface area contributed by atoms with E-state index in [1.807, 2.05) is 0 Å². The molecule has 0 aliphatic carbocycles. The highest BCUT2D eigenvalue weighted by Crippen LogP contribution is 2.33. The van der Waals surface area contributed by atoms with E-state index < -0.39 is 17.6 Å². The fraction of sp³-hybridized carbons (Fsp3) is 0.438. The van der Waals surface area contributed by atoms with Crippen molar-refractivity contribution in [3.63, 3.8) is 0 Å². The van der Waals surface area contributed by atoms with Crippen LogP contribution in [0.15, 0.2) is 30.5 Å². The number of aromatic nitrogens is 3. The van der Waals surface area contributed by atoms with Crippen LogP contribution in [-0.4, -0.2) is 46.0 Å². The number of hydrogen-bond donors (Lipinski definition) is 0. The maximum atomic E-state index is 13.1. The number of alkyl halides is 3. The van der Waals surface area contributed by atoms with Crippen LogP contribution in [-0.2, 0) is 17.5 Å². The third-order valence-corrected chi connectivity index (χ3v) is 4.14. The van der Waals surface area contributed by atoms with Gasteiger partial charge in [0, 0.05) is 20.2 Å². The first-order valence-electron chi connectivity index (χ1n) is 7.75. The van der Waals surface area contributed by atoms with Crippen LogP contribution in [0.3, 0.4) is 0 Å². The molecule has 0 spiro atoms. The predicted octanol–water partition coefficient (Wildman–Crippen LogP) is 2.53. The Balaban J connectivity index is 1.75. The predicted molar refractivity (Wildman–Crippen MR) is 81.7 cm³/mol. The fourth-order valence-electron chi connectivity index (χ4n) is 2.94. The highest BCUT2D eigenvalue weighted by molar-refractivity contribution is 5.96. The van der Waals surface area contributed by atoms with Crippen LogP contribution < -0.4 is 0 Å². The number of ether oxygens (including phenoxy) is 1. The van der Waals surface area contributed by atoms with E-state index in [9.17, 15) is 18.0 Å². The van der Waals surface area contributed by atoms with E-state index in [0.717, 1.165) is 6.07 Å². The third-order valence-electron chi connectivity index (χ3n) is 4.14. The van der Waals surface area contributed by atoms with Gasteiger partial charge in [-0.1, -0.05) is 17.3 Å².